The van der Waals surface area contributed by atoms with Crippen LogP contribution < -0.4 is 0 Å². The summed E-state index contributed by atoms with van der Waals surface area (Å²) in [4.78, 5) is -0.879. The lowest BCUT2D eigenvalue weighted by Crippen LogP contribution is -2.31. The average molecular weight is 527 g/mol. The summed E-state index contributed by atoms with van der Waals surface area (Å²) in [6.07, 6.45) is -0.183. The Morgan fingerprint density at radius 1 is 1.46 bits per heavy atom. The van der Waals surface area contributed by atoms with E-state index in [0.717, 1.165) is 6.07 Å². The van der Waals surface area contributed by atoms with E-state index < -0.39 is 43.9 Å². The van der Waals surface area contributed by atoms with E-state index in [-0.39, 0.29) is 31.1 Å². The van der Waals surface area contributed by atoms with E-state index in [1.165, 1.54) is 46.1 Å². The van der Waals surface area contributed by atoms with Gasteiger partial charge in [0.2, 0.25) is 17.7 Å². The minimum absolute atomic E-state index is 0.0447. The summed E-state index contributed by atoms with van der Waals surface area (Å²) in [5.41, 5.74) is -0.0195. The Morgan fingerprint density at radius 2 is 2.14 bits per heavy atom. The molecule has 1 aromatic carbocycles. The van der Waals surface area contributed by atoms with E-state index in [9.17, 15) is 26.0 Å². The summed E-state index contributed by atoms with van der Waals surface area (Å²) in [6, 6.07) is 3.97. The van der Waals surface area contributed by atoms with E-state index in [1.807, 2.05) is 6.07 Å². The number of rotatable bonds is 5. The molecule has 148 valence electrons. The van der Waals surface area contributed by atoms with E-state index >= 15 is 0 Å². The van der Waals surface area contributed by atoms with E-state index in [0.29, 0.717) is 0 Å². The number of sulfone groups is 1. The molecule has 0 radical (unpaired) electrons. The summed E-state index contributed by atoms with van der Waals surface area (Å²) in [6.45, 7) is -0.0447. The highest BCUT2D eigenvalue weighted by Gasteiger charge is 2.54. The summed E-state index contributed by atoms with van der Waals surface area (Å²) in [7, 11) is -5.00. The summed E-state index contributed by atoms with van der Waals surface area (Å²) >= 11 is 1.21. The summed E-state index contributed by atoms with van der Waals surface area (Å²) in [5, 5.41) is 8.63. The topological polar surface area (TPSA) is 85.0 Å². The molecule has 0 fully saturated rings. The van der Waals surface area contributed by atoms with Gasteiger partial charge in [-0.3, -0.25) is 4.68 Å². The van der Waals surface area contributed by atoms with Gasteiger partial charge < -0.3 is 3.07 Å². The molecule has 3 rings (SSSR count). The Morgan fingerprint density at radius 3 is 2.68 bits per heavy atom. The van der Waals surface area contributed by atoms with Crippen molar-refractivity contribution in [3.05, 3.63) is 46.8 Å². The third-order valence-electron chi connectivity index (χ3n) is 4.42. The molecular formula is C15H11BF4IN3O3S. The predicted octanol–water partition coefficient (Wildman–Crippen LogP) is 2.36. The minimum atomic E-state index is -5.20. The highest BCUT2D eigenvalue weighted by atomic mass is 127. The normalized spacial score (nSPS) is 18.6. The molecular weight excluding hydrogens is 516 g/mol. The van der Waals surface area contributed by atoms with Gasteiger partial charge in [0, 0.05) is 18.2 Å². The van der Waals surface area contributed by atoms with E-state index in [2.05, 4.69) is 5.10 Å². The van der Waals surface area contributed by atoms with Crippen LogP contribution in [0, 0.1) is 11.3 Å². The third kappa shape index (κ3) is 3.41. The first-order valence-electron chi connectivity index (χ1n) is 7.77. The van der Waals surface area contributed by atoms with Gasteiger partial charge >= 0.3 is 5.15 Å². The molecule has 0 bridgehead atoms. The number of hydrogen-bond acceptors (Lipinski definition) is 5. The number of benzene rings is 1. The van der Waals surface area contributed by atoms with Crippen LogP contribution in [0.5, 0.6) is 0 Å². The van der Waals surface area contributed by atoms with Gasteiger partial charge in [-0.2, -0.15) is 10.4 Å². The smallest absolute Gasteiger partial charge is 0.301 e. The number of alkyl halides is 4. The fraction of sp³-hybridized carbons (Fsp3) is 0.333. The molecule has 1 atom stereocenters. The predicted molar refractivity (Wildman–Crippen MR) is 99.7 cm³/mol. The van der Waals surface area contributed by atoms with Gasteiger partial charge in [-0.25, -0.2) is 26.0 Å². The second kappa shape index (κ2) is 6.99. The van der Waals surface area contributed by atoms with Crippen LogP contribution in [0.3, 0.4) is 0 Å². The van der Waals surface area contributed by atoms with Crippen molar-refractivity contribution in [3.8, 4) is 6.07 Å². The second-order valence-electron chi connectivity index (χ2n) is 6.37. The zero-order chi connectivity index (χ0) is 20.9. The molecule has 0 aliphatic heterocycles. The second-order valence-corrected chi connectivity index (χ2v) is 9.04. The van der Waals surface area contributed by atoms with Crippen LogP contribution in [-0.2, 0) is 25.9 Å². The average Bonchev–Trinajstić information content (AvgIpc) is 3.14. The van der Waals surface area contributed by atoms with Crippen molar-refractivity contribution in [1.29, 1.82) is 5.26 Å². The standard InChI is InChI=1S/C15H11BF4IN3O3S/c16-15(19,20)28(25,26)11-2-1-9(7-24-6-8(4-22)5-23-24)10-3-14(17,18)13(27-21)12(10)11/h1-2,5-6,13H,3,7,16H2. The number of halogens is 5. The molecule has 2 aromatic rings. The first-order valence-corrected chi connectivity index (χ1v) is 10.1. The monoisotopic (exact) mass is 527 g/mol. The fourth-order valence-corrected chi connectivity index (χ4v) is 4.87. The largest absolute Gasteiger partial charge is 0.305 e. The lowest BCUT2D eigenvalue weighted by atomic mass is 10.0. The van der Waals surface area contributed by atoms with Gasteiger partial charge in [0.1, 0.15) is 29.1 Å². The quantitative estimate of drug-likeness (QED) is 0.339. The van der Waals surface area contributed by atoms with Gasteiger partial charge in [0.25, 0.3) is 5.92 Å². The van der Waals surface area contributed by atoms with Crippen LogP contribution in [0.25, 0.3) is 0 Å². The van der Waals surface area contributed by atoms with Crippen LogP contribution in [0.15, 0.2) is 29.4 Å². The molecule has 0 N–H and O–H groups in total. The maximum atomic E-state index is 14.5. The number of hydrogen-bond donors (Lipinski definition) is 0. The first-order chi connectivity index (χ1) is 12.9. The maximum Gasteiger partial charge on any atom is 0.305 e. The Bertz CT molecular complexity index is 1080. The SMILES string of the molecule is BC(F)(F)S(=O)(=O)c1ccc(Cn2cc(C#N)cn2)c2c1C(OI)C(F)(F)C2. The molecule has 1 heterocycles. The zero-order valence-corrected chi connectivity index (χ0v) is 17.1. The molecule has 1 aliphatic carbocycles. The number of aromatic nitrogens is 2. The Hall–Kier alpha value is -1.66. The van der Waals surface area contributed by atoms with Gasteiger partial charge in [-0.15, -0.1) is 0 Å². The lowest BCUT2D eigenvalue weighted by Gasteiger charge is -2.21. The van der Waals surface area contributed by atoms with Gasteiger partial charge in [0.15, 0.2) is 6.10 Å². The van der Waals surface area contributed by atoms with Crippen LogP contribution >= 0.6 is 23.0 Å². The van der Waals surface area contributed by atoms with Crippen LogP contribution in [0.1, 0.15) is 28.4 Å². The summed E-state index contributed by atoms with van der Waals surface area (Å²) in [5.74, 6) is -3.48. The number of fused-ring (bicyclic) bond motifs is 1. The van der Waals surface area contributed by atoms with Crippen molar-refractivity contribution in [2.24, 2.45) is 0 Å². The lowest BCUT2D eigenvalue weighted by molar-refractivity contribution is -0.0705. The Balaban J connectivity index is 2.20. The van der Waals surface area contributed by atoms with Gasteiger partial charge in [-0.05, 0) is 17.2 Å². The van der Waals surface area contributed by atoms with E-state index in [1.54, 1.807) is 0 Å². The van der Waals surface area contributed by atoms with E-state index in [4.69, 9.17) is 8.33 Å². The third-order valence-corrected chi connectivity index (χ3v) is 6.80. The zero-order valence-electron chi connectivity index (χ0n) is 14.2. The highest BCUT2D eigenvalue weighted by molar-refractivity contribution is 14.1. The minimum Gasteiger partial charge on any atom is -0.301 e. The van der Waals surface area contributed by atoms with Crippen molar-refractivity contribution < 1.29 is 29.0 Å². The van der Waals surface area contributed by atoms with Crippen LogP contribution in [0.4, 0.5) is 17.6 Å². The van der Waals surface area contributed by atoms with Crippen molar-refractivity contribution in [1.82, 2.24) is 9.78 Å². The van der Waals surface area contributed by atoms with Crippen molar-refractivity contribution in [2.45, 2.75) is 35.0 Å². The van der Waals surface area contributed by atoms with Gasteiger partial charge in [-0.1, -0.05) is 6.07 Å². The number of nitriles is 1. The highest BCUT2D eigenvalue weighted by Crippen LogP contribution is 2.51. The maximum absolute atomic E-state index is 14.5. The molecule has 28 heavy (non-hydrogen) atoms. The molecule has 0 spiro atoms. The number of nitrogens with zero attached hydrogens (tertiary/aromatic N) is 3. The van der Waals surface area contributed by atoms with Crippen molar-refractivity contribution >= 4 is 40.7 Å². The molecule has 13 heteroatoms. The Labute approximate surface area is 172 Å². The molecule has 0 saturated carbocycles. The fourth-order valence-electron chi connectivity index (χ4n) is 3.09. The van der Waals surface area contributed by atoms with Gasteiger partial charge in [0.05, 0.1) is 23.2 Å². The van der Waals surface area contributed by atoms with Crippen LogP contribution in [-0.4, -0.2) is 37.1 Å². The molecule has 6 nitrogen and oxygen atoms in total. The first kappa shape index (κ1) is 21.1. The van der Waals surface area contributed by atoms with Crippen molar-refractivity contribution in [3.63, 3.8) is 0 Å². The van der Waals surface area contributed by atoms with Crippen molar-refractivity contribution in [2.75, 3.05) is 0 Å². The molecule has 1 aliphatic rings. The molecule has 1 unspecified atom stereocenters. The van der Waals surface area contributed by atoms with Crippen LogP contribution in [0.2, 0.25) is 0 Å². The summed E-state index contributed by atoms with van der Waals surface area (Å²) < 4.78 is 87.0. The Kier molecular flexibility index (Phi) is 5.26. The molecule has 0 amide bonds. The molecule has 0 saturated heterocycles. The molecule has 1 aromatic heterocycles.